The molecule has 0 amide bonds. The SMILES string of the molecule is Fc1ccc(Oc2nc3ccccn3c2CBr)c(Cl)c1. The Bertz CT molecular complexity index is 775. The number of hydrogen-bond acceptors (Lipinski definition) is 2. The number of halogens is 3. The number of benzene rings is 1. The molecule has 3 rings (SSSR count). The van der Waals surface area contributed by atoms with E-state index in [0.717, 1.165) is 11.3 Å². The van der Waals surface area contributed by atoms with Crippen LogP contribution in [0.25, 0.3) is 5.65 Å². The van der Waals surface area contributed by atoms with Gasteiger partial charge in [0.2, 0.25) is 5.88 Å². The monoisotopic (exact) mass is 354 g/mol. The fourth-order valence-corrected chi connectivity index (χ4v) is 2.61. The second-order valence-corrected chi connectivity index (χ2v) is 5.07. The lowest BCUT2D eigenvalue weighted by Crippen LogP contribution is -1.92. The molecule has 0 aliphatic carbocycles. The van der Waals surface area contributed by atoms with Gasteiger partial charge in [0.15, 0.2) is 0 Å². The quantitative estimate of drug-likeness (QED) is 0.630. The van der Waals surface area contributed by atoms with Gasteiger partial charge in [0.1, 0.15) is 17.2 Å². The number of aromatic nitrogens is 2. The first kappa shape index (κ1) is 13.4. The minimum absolute atomic E-state index is 0.211. The average molecular weight is 356 g/mol. The summed E-state index contributed by atoms with van der Waals surface area (Å²) in [5.41, 5.74) is 1.64. The van der Waals surface area contributed by atoms with Crippen molar-refractivity contribution >= 4 is 33.2 Å². The van der Waals surface area contributed by atoms with Gasteiger partial charge in [-0.2, -0.15) is 4.98 Å². The van der Waals surface area contributed by atoms with Gasteiger partial charge in [-0.15, -0.1) is 0 Å². The van der Waals surface area contributed by atoms with E-state index in [1.165, 1.54) is 18.2 Å². The number of rotatable bonds is 3. The van der Waals surface area contributed by atoms with Crippen LogP contribution in [0.1, 0.15) is 5.69 Å². The Labute approximate surface area is 128 Å². The van der Waals surface area contributed by atoms with Crippen LogP contribution in [-0.4, -0.2) is 9.38 Å². The van der Waals surface area contributed by atoms with Crippen LogP contribution in [0.3, 0.4) is 0 Å². The summed E-state index contributed by atoms with van der Waals surface area (Å²) in [6, 6.07) is 9.68. The lowest BCUT2D eigenvalue weighted by atomic mass is 10.3. The number of fused-ring (bicyclic) bond motifs is 1. The van der Waals surface area contributed by atoms with Crippen molar-refractivity contribution in [2.75, 3.05) is 0 Å². The van der Waals surface area contributed by atoms with Crippen LogP contribution in [0, 0.1) is 5.82 Å². The lowest BCUT2D eigenvalue weighted by molar-refractivity contribution is 0.460. The van der Waals surface area contributed by atoms with Crippen LogP contribution in [0.4, 0.5) is 4.39 Å². The van der Waals surface area contributed by atoms with Gasteiger partial charge in [-0.3, -0.25) is 4.40 Å². The zero-order valence-corrected chi connectivity index (χ0v) is 12.5. The average Bonchev–Trinajstić information content (AvgIpc) is 2.79. The van der Waals surface area contributed by atoms with Gasteiger partial charge >= 0.3 is 0 Å². The molecule has 0 bridgehead atoms. The Kier molecular flexibility index (Phi) is 3.63. The Morgan fingerprint density at radius 3 is 2.90 bits per heavy atom. The zero-order valence-electron chi connectivity index (χ0n) is 10.2. The van der Waals surface area contributed by atoms with E-state index in [9.17, 15) is 4.39 Å². The summed E-state index contributed by atoms with van der Waals surface area (Å²) in [4.78, 5) is 4.40. The molecule has 0 saturated carbocycles. The molecule has 3 nitrogen and oxygen atoms in total. The third-order valence-corrected chi connectivity index (χ3v) is 3.65. The van der Waals surface area contributed by atoms with E-state index in [1.54, 1.807) is 0 Å². The molecule has 1 aromatic carbocycles. The Balaban J connectivity index is 2.06. The summed E-state index contributed by atoms with van der Waals surface area (Å²) >= 11 is 9.38. The molecule has 0 aliphatic heterocycles. The van der Waals surface area contributed by atoms with E-state index in [1.807, 2.05) is 28.8 Å². The predicted molar refractivity (Wildman–Crippen MR) is 79.3 cm³/mol. The standard InChI is InChI=1S/C14H9BrClFN2O/c15-8-11-14(18-13-3-1-2-6-19(11)13)20-12-5-4-9(17)7-10(12)16/h1-7H,8H2. The molecule has 0 N–H and O–H groups in total. The Morgan fingerprint density at radius 2 is 2.15 bits per heavy atom. The zero-order chi connectivity index (χ0) is 14.1. The van der Waals surface area contributed by atoms with Crippen molar-refractivity contribution in [2.24, 2.45) is 0 Å². The van der Waals surface area contributed by atoms with Crippen molar-refractivity contribution in [3.63, 3.8) is 0 Å². The van der Waals surface area contributed by atoms with Gasteiger partial charge in [0.05, 0.1) is 10.7 Å². The van der Waals surface area contributed by atoms with Gasteiger partial charge in [-0.25, -0.2) is 4.39 Å². The van der Waals surface area contributed by atoms with E-state index < -0.39 is 5.82 Å². The first-order chi connectivity index (χ1) is 9.69. The molecule has 0 aliphatic rings. The number of pyridine rings is 1. The highest BCUT2D eigenvalue weighted by molar-refractivity contribution is 9.08. The van der Waals surface area contributed by atoms with Gasteiger partial charge in [0, 0.05) is 11.5 Å². The molecule has 0 atom stereocenters. The second-order valence-electron chi connectivity index (χ2n) is 4.10. The normalized spacial score (nSPS) is 10.9. The minimum Gasteiger partial charge on any atom is -0.436 e. The van der Waals surface area contributed by atoms with Gasteiger partial charge in [-0.05, 0) is 30.3 Å². The maximum atomic E-state index is 13.0. The van der Waals surface area contributed by atoms with Gasteiger partial charge in [0.25, 0.3) is 0 Å². The molecular weight excluding hydrogens is 347 g/mol. The fraction of sp³-hybridized carbons (Fsp3) is 0.0714. The van der Waals surface area contributed by atoms with Crippen LogP contribution in [0.5, 0.6) is 11.6 Å². The number of ether oxygens (including phenoxy) is 1. The maximum absolute atomic E-state index is 13.0. The van der Waals surface area contributed by atoms with Crippen LogP contribution in [0.2, 0.25) is 5.02 Å². The molecule has 2 heterocycles. The van der Waals surface area contributed by atoms with E-state index in [-0.39, 0.29) is 5.02 Å². The third-order valence-electron chi connectivity index (χ3n) is 2.82. The molecule has 20 heavy (non-hydrogen) atoms. The molecule has 0 radical (unpaired) electrons. The third kappa shape index (κ3) is 2.39. The summed E-state index contributed by atoms with van der Waals surface area (Å²) in [5, 5.41) is 0.786. The van der Waals surface area contributed by atoms with E-state index in [4.69, 9.17) is 16.3 Å². The van der Waals surface area contributed by atoms with Gasteiger partial charge in [-0.1, -0.05) is 33.6 Å². The molecular formula is C14H9BrClFN2O. The summed E-state index contributed by atoms with van der Waals surface area (Å²) < 4.78 is 20.7. The molecule has 102 valence electrons. The maximum Gasteiger partial charge on any atom is 0.242 e. The predicted octanol–water partition coefficient (Wildman–Crippen LogP) is 4.81. The van der Waals surface area contributed by atoms with Crippen molar-refractivity contribution in [1.82, 2.24) is 9.38 Å². The highest BCUT2D eigenvalue weighted by Gasteiger charge is 2.14. The topological polar surface area (TPSA) is 26.5 Å². The summed E-state index contributed by atoms with van der Waals surface area (Å²) in [7, 11) is 0. The summed E-state index contributed by atoms with van der Waals surface area (Å²) in [5.74, 6) is 0.415. The van der Waals surface area contributed by atoms with Crippen molar-refractivity contribution < 1.29 is 9.13 Å². The van der Waals surface area contributed by atoms with Crippen LogP contribution in [-0.2, 0) is 5.33 Å². The molecule has 0 unspecified atom stereocenters. The molecule has 0 saturated heterocycles. The smallest absolute Gasteiger partial charge is 0.242 e. The first-order valence-corrected chi connectivity index (χ1v) is 7.34. The van der Waals surface area contributed by atoms with Crippen molar-refractivity contribution in [1.29, 1.82) is 0 Å². The summed E-state index contributed by atoms with van der Waals surface area (Å²) in [6.07, 6.45) is 1.90. The molecule has 2 aromatic heterocycles. The lowest BCUT2D eigenvalue weighted by Gasteiger charge is -2.06. The number of imidazole rings is 1. The fourth-order valence-electron chi connectivity index (χ4n) is 1.89. The molecule has 0 fully saturated rings. The van der Waals surface area contributed by atoms with Gasteiger partial charge < -0.3 is 4.74 Å². The largest absolute Gasteiger partial charge is 0.436 e. The van der Waals surface area contributed by atoms with E-state index in [2.05, 4.69) is 20.9 Å². The number of hydrogen-bond donors (Lipinski definition) is 0. The van der Waals surface area contributed by atoms with Crippen molar-refractivity contribution in [3.8, 4) is 11.6 Å². The molecule has 6 heteroatoms. The molecule has 0 spiro atoms. The number of nitrogens with zero attached hydrogens (tertiary/aromatic N) is 2. The summed E-state index contributed by atoms with van der Waals surface area (Å²) in [6.45, 7) is 0. The second kappa shape index (κ2) is 5.42. The Hall–Kier alpha value is -1.59. The van der Waals surface area contributed by atoms with Crippen LogP contribution in [0.15, 0.2) is 42.6 Å². The minimum atomic E-state index is -0.405. The van der Waals surface area contributed by atoms with Crippen LogP contribution >= 0.6 is 27.5 Å². The first-order valence-electron chi connectivity index (χ1n) is 5.84. The molecule has 3 aromatic rings. The van der Waals surface area contributed by atoms with E-state index >= 15 is 0 Å². The number of alkyl halides is 1. The van der Waals surface area contributed by atoms with Crippen molar-refractivity contribution in [2.45, 2.75) is 5.33 Å². The highest BCUT2D eigenvalue weighted by atomic mass is 79.9. The highest BCUT2D eigenvalue weighted by Crippen LogP contribution is 2.32. The van der Waals surface area contributed by atoms with E-state index in [0.29, 0.717) is 17.0 Å². The van der Waals surface area contributed by atoms with Crippen LogP contribution < -0.4 is 4.74 Å². The van der Waals surface area contributed by atoms with Crippen molar-refractivity contribution in [3.05, 3.63) is 59.1 Å². The Morgan fingerprint density at radius 1 is 1.30 bits per heavy atom.